The second-order valence-corrected chi connectivity index (χ2v) is 11.6. The molecule has 0 aliphatic carbocycles. The van der Waals surface area contributed by atoms with E-state index in [4.69, 9.17) is 4.74 Å². The molecule has 1 saturated heterocycles. The second-order valence-electron chi connectivity index (χ2n) is 9.69. The SMILES string of the molecule is CC#C[C@H]1CN(S(=O)(=O)c2ccc(NC(=O)OC(C)(C)C)nn2)CCN1c1ncc(C(C)(O)C(F)(F)F)cn1. The Morgan fingerprint density at radius 3 is 2.28 bits per heavy atom. The molecule has 3 rings (SSSR count). The first-order chi connectivity index (χ1) is 18.0. The van der Waals surface area contributed by atoms with E-state index in [0.717, 1.165) is 16.7 Å². The molecule has 1 unspecified atom stereocenters. The molecule has 0 aromatic carbocycles. The highest BCUT2D eigenvalue weighted by molar-refractivity contribution is 7.89. The summed E-state index contributed by atoms with van der Waals surface area (Å²) < 4.78 is 72.1. The molecule has 2 aromatic rings. The van der Waals surface area contributed by atoms with Gasteiger partial charge >= 0.3 is 12.3 Å². The Balaban J connectivity index is 1.76. The lowest BCUT2D eigenvalue weighted by atomic mass is 9.99. The lowest BCUT2D eigenvalue weighted by Crippen LogP contribution is -2.55. The monoisotopic (exact) mass is 571 g/mol. The molecule has 12 nitrogen and oxygen atoms in total. The van der Waals surface area contributed by atoms with Crippen LogP contribution < -0.4 is 10.2 Å². The van der Waals surface area contributed by atoms with Crippen LogP contribution in [0.2, 0.25) is 0 Å². The maximum absolute atomic E-state index is 13.2. The van der Waals surface area contributed by atoms with Crippen molar-refractivity contribution in [2.45, 2.75) is 63.1 Å². The van der Waals surface area contributed by atoms with E-state index in [1.807, 2.05) is 0 Å². The average molecular weight is 572 g/mol. The van der Waals surface area contributed by atoms with E-state index in [-0.39, 0.29) is 36.4 Å². The van der Waals surface area contributed by atoms with Crippen molar-refractivity contribution in [3.05, 3.63) is 30.1 Å². The van der Waals surface area contributed by atoms with Gasteiger partial charge in [0, 0.05) is 37.6 Å². The number of halogens is 3. The molecule has 0 saturated carbocycles. The third-order valence-corrected chi connectivity index (χ3v) is 7.29. The maximum atomic E-state index is 13.2. The van der Waals surface area contributed by atoms with Crippen molar-refractivity contribution in [3.8, 4) is 11.8 Å². The fourth-order valence-electron chi connectivity index (χ4n) is 3.46. The molecule has 0 spiro atoms. The molecule has 0 bridgehead atoms. The zero-order valence-corrected chi connectivity index (χ0v) is 22.6. The Morgan fingerprint density at radius 2 is 1.77 bits per heavy atom. The number of anilines is 2. The topological polar surface area (TPSA) is 151 Å². The average Bonchev–Trinajstić information content (AvgIpc) is 2.83. The van der Waals surface area contributed by atoms with Crippen LogP contribution in [0.4, 0.5) is 29.7 Å². The Hall–Kier alpha value is -3.55. The first-order valence-electron chi connectivity index (χ1n) is 11.6. The summed E-state index contributed by atoms with van der Waals surface area (Å²) in [5, 5.41) is 19.3. The summed E-state index contributed by atoms with van der Waals surface area (Å²) in [5.41, 5.74) is -4.42. The smallest absolute Gasteiger partial charge is 0.421 e. The van der Waals surface area contributed by atoms with Crippen LogP contribution >= 0.6 is 0 Å². The van der Waals surface area contributed by atoms with Crippen LogP contribution in [0, 0.1) is 11.8 Å². The highest BCUT2D eigenvalue weighted by Gasteiger charge is 2.51. The highest BCUT2D eigenvalue weighted by Crippen LogP contribution is 2.38. The predicted octanol–water partition coefficient (Wildman–Crippen LogP) is 2.29. The number of amides is 1. The summed E-state index contributed by atoms with van der Waals surface area (Å²) >= 11 is 0. The van der Waals surface area contributed by atoms with Crippen molar-refractivity contribution in [1.29, 1.82) is 0 Å². The Bertz CT molecular complexity index is 1350. The minimum Gasteiger partial charge on any atom is -0.444 e. The van der Waals surface area contributed by atoms with Crippen LogP contribution in [0.3, 0.4) is 0 Å². The van der Waals surface area contributed by atoms with Gasteiger partial charge in [0.25, 0.3) is 10.0 Å². The van der Waals surface area contributed by atoms with E-state index in [2.05, 4.69) is 37.3 Å². The van der Waals surface area contributed by atoms with Crippen LogP contribution in [0.5, 0.6) is 0 Å². The number of hydrogen-bond acceptors (Lipinski definition) is 10. The molecule has 1 amide bonds. The summed E-state index contributed by atoms with van der Waals surface area (Å²) in [6, 6.07) is 1.74. The summed E-state index contributed by atoms with van der Waals surface area (Å²) in [7, 11) is -4.11. The van der Waals surface area contributed by atoms with Gasteiger partial charge in [0.15, 0.2) is 16.4 Å². The van der Waals surface area contributed by atoms with Gasteiger partial charge in [0.2, 0.25) is 5.95 Å². The molecule has 1 aliphatic rings. The van der Waals surface area contributed by atoms with Crippen molar-refractivity contribution in [2.75, 3.05) is 29.9 Å². The highest BCUT2D eigenvalue weighted by atomic mass is 32.2. The zero-order chi connectivity index (χ0) is 29.2. The first-order valence-corrected chi connectivity index (χ1v) is 13.0. The third-order valence-electron chi connectivity index (χ3n) is 5.54. The number of ether oxygens (including phenoxy) is 1. The van der Waals surface area contributed by atoms with Crippen molar-refractivity contribution in [1.82, 2.24) is 24.5 Å². The van der Waals surface area contributed by atoms with Gasteiger partial charge in [-0.1, -0.05) is 5.92 Å². The number of rotatable bonds is 5. The van der Waals surface area contributed by atoms with Gasteiger partial charge in [-0.05, 0) is 46.8 Å². The van der Waals surface area contributed by atoms with Gasteiger partial charge < -0.3 is 14.7 Å². The molecular weight excluding hydrogens is 543 g/mol. The molecule has 0 radical (unpaired) electrons. The van der Waals surface area contributed by atoms with Crippen LogP contribution in [0.1, 0.15) is 40.2 Å². The van der Waals surface area contributed by atoms with E-state index >= 15 is 0 Å². The number of carbonyl (C=O) groups excluding carboxylic acids is 1. The molecule has 16 heteroatoms. The van der Waals surface area contributed by atoms with Gasteiger partial charge in [-0.15, -0.1) is 16.1 Å². The van der Waals surface area contributed by atoms with Crippen molar-refractivity contribution in [2.24, 2.45) is 0 Å². The second kappa shape index (κ2) is 10.9. The predicted molar refractivity (Wildman–Crippen MR) is 133 cm³/mol. The molecule has 2 aromatic heterocycles. The summed E-state index contributed by atoms with van der Waals surface area (Å²) in [4.78, 5) is 21.4. The zero-order valence-electron chi connectivity index (χ0n) is 21.8. The molecule has 2 N–H and O–H groups in total. The van der Waals surface area contributed by atoms with E-state index in [1.54, 1.807) is 32.6 Å². The van der Waals surface area contributed by atoms with Gasteiger partial charge in [0.1, 0.15) is 11.6 Å². The van der Waals surface area contributed by atoms with Gasteiger partial charge in [-0.25, -0.2) is 23.2 Å². The van der Waals surface area contributed by atoms with E-state index < -0.39 is 45.1 Å². The number of aliphatic hydroxyl groups is 1. The largest absolute Gasteiger partial charge is 0.444 e. The first kappa shape index (κ1) is 30.0. The fourth-order valence-corrected chi connectivity index (χ4v) is 4.76. The quantitative estimate of drug-likeness (QED) is 0.512. The molecule has 39 heavy (non-hydrogen) atoms. The van der Waals surface area contributed by atoms with Gasteiger partial charge in [0.05, 0.1) is 0 Å². The van der Waals surface area contributed by atoms with Crippen molar-refractivity contribution < 1.29 is 36.2 Å². The van der Waals surface area contributed by atoms with Crippen LogP contribution in [-0.4, -0.2) is 81.5 Å². The number of hydrogen-bond donors (Lipinski definition) is 2. The third kappa shape index (κ3) is 6.91. The van der Waals surface area contributed by atoms with Crippen LogP contribution in [0.25, 0.3) is 0 Å². The summed E-state index contributed by atoms with van der Waals surface area (Å²) in [5.74, 6) is 5.60. The van der Waals surface area contributed by atoms with Crippen molar-refractivity contribution >= 4 is 27.9 Å². The number of sulfonamides is 1. The minimum atomic E-state index is -4.93. The maximum Gasteiger partial charge on any atom is 0.421 e. The van der Waals surface area contributed by atoms with Crippen LogP contribution in [-0.2, 0) is 20.4 Å². The molecular formula is C23H28F3N7O5S. The number of piperazine rings is 1. The number of carbonyl (C=O) groups is 1. The van der Waals surface area contributed by atoms with Crippen molar-refractivity contribution in [3.63, 3.8) is 0 Å². The van der Waals surface area contributed by atoms with Gasteiger partial charge in [-0.2, -0.15) is 17.5 Å². The summed E-state index contributed by atoms with van der Waals surface area (Å²) in [6.07, 6.45) is -3.96. The minimum absolute atomic E-state index is 0.00663. The lowest BCUT2D eigenvalue weighted by molar-refractivity contribution is -0.259. The van der Waals surface area contributed by atoms with E-state index in [9.17, 15) is 31.5 Å². The van der Waals surface area contributed by atoms with E-state index in [0.29, 0.717) is 6.92 Å². The standard InChI is InChI=1S/C23H28F3N7O5S/c1-6-7-16-14-32(10-11-33(16)19-27-12-15(13-28-19)22(5,35)23(24,25)26)39(36,37)18-9-8-17(30-31-18)29-20(34)38-21(2,3)4/h8-9,12-13,16,35H,10-11,14H2,1-5H3,(H,29,30,34)/t16-,22?/m0/s1. The lowest BCUT2D eigenvalue weighted by Gasteiger charge is -2.38. The summed E-state index contributed by atoms with van der Waals surface area (Å²) in [6.45, 7) is 7.13. The normalized spacial score (nSPS) is 18.5. The van der Waals surface area contributed by atoms with E-state index in [1.165, 1.54) is 12.1 Å². The Kier molecular flexibility index (Phi) is 8.39. The molecule has 212 valence electrons. The molecule has 1 aliphatic heterocycles. The molecule has 3 heterocycles. The molecule has 1 fully saturated rings. The molecule has 2 atom stereocenters. The number of nitrogens with zero attached hydrogens (tertiary/aromatic N) is 6. The van der Waals surface area contributed by atoms with Crippen LogP contribution in [0.15, 0.2) is 29.6 Å². The van der Waals surface area contributed by atoms with Gasteiger partial charge in [-0.3, -0.25) is 5.32 Å². The Labute approximate surface area is 223 Å². The number of nitrogens with one attached hydrogen (secondary N) is 1. The number of alkyl halides is 3. The fraction of sp³-hybridized carbons (Fsp3) is 0.522. The number of aromatic nitrogens is 4. The Morgan fingerprint density at radius 1 is 1.13 bits per heavy atom.